The van der Waals surface area contributed by atoms with E-state index in [1.165, 1.54) is 0 Å². The minimum Gasteiger partial charge on any atom is -0.497 e. The lowest BCUT2D eigenvalue weighted by Crippen LogP contribution is -2.40. The summed E-state index contributed by atoms with van der Waals surface area (Å²) in [6, 6.07) is 9.36. The van der Waals surface area contributed by atoms with E-state index in [0.29, 0.717) is 18.8 Å². The summed E-state index contributed by atoms with van der Waals surface area (Å²) in [6.45, 7) is 6.28. The molecule has 7 heteroatoms. The number of amides is 1. The van der Waals surface area contributed by atoms with Gasteiger partial charge < -0.3 is 14.9 Å². The Morgan fingerprint density at radius 1 is 1.40 bits per heavy atom. The number of nitrogens with one attached hydrogen (secondary N) is 1. The highest BCUT2D eigenvalue weighted by molar-refractivity contribution is 6.07. The highest BCUT2D eigenvalue weighted by Crippen LogP contribution is 2.29. The van der Waals surface area contributed by atoms with Crippen LogP contribution in [0.15, 0.2) is 35.5 Å². The molecule has 1 aromatic heterocycles. The Balaban J connectivity index is 1.71. The molecule has 3 rings (SSSR count). The van der Waals surface area contributed by atoms with Gasteiger partial charge in [0.15, 0.2) is 0 Å². The van der Waals surface area contributed by atoms with Crippen molar-refractivity contribution in [2.24, 2.45) is 5.16 Å². The molecule has 25 heavy (non-hydrogen) atoms. The van der Waals surface area contributed by atoms with Gasteiger partial charge in [-0.25, -0.2) is 4.68 Å². The molecule has 1 aliphatic rings. The number of rotatable bonds is 5. The standard InChI is InChI=1S/C18H22N4O3/c1-5-22-16(10-12(2)20-22)19-17(23)18(3)11-15(21-25-18)13-6-8-14(24-4)9-7-13/h6-10H,5,11H2,1-4H3,(H,19,23)/t18-/m0/s1. The first-order chi connectivity index (χ1) is 11.9. The molecule has 0 fully saturated rings. The van der Waals surface area contributed by atoms with Crippen LogP contribution in [0.25, 0.3) is 0 Å². The molecule has 132 valence electrons. The van der Waals surface area contributed by atoms with Crippen molar-refractivity contribution in [3.8, 4) is 5.75 Å². The Morgan fingerprint density at radius 3 is 2.76 bits per heavy atom. The topological polar surface area (TPSA) is 77.7 Å². The SMILES string of the molecule is CCn1nc(C)cc1NC(=O)[C@]1(C)CC(c2ccc(OC)cc2)=NO1. The predicted molar refractivity (Wildman–Crippen MR) is 94.9 cm³/mol. The van der Waals surface area contributed by atoms with Crippen LogP contribution in [0.4, 0.5) is 5.82 Å². The van der Waals surface area contributed by atoms with Crippen molar-refractivity contribution < 1.29 is 14.4 Å². The molecule has 0 saturated carbocycles. The smallest absolute Gasteiger partial charge is 0.272 e. The van der Waals surface area contributed by atoms with E-state index in [4.69, 9.17) is 9.57 Å². The number of oxime groups is 1. The summed E-state index contributed by atoms with van der Waals surface area (Å²) in [5, 5.41) is 11.3. The average Bonchev–Trinajstić information content (AvgIpc) is 3.18. The summed E-state index contributed by atoms with van der Waals surface area (Å²) in [6.07, 6.45) is 0.393. The van der Waals surface area contributed by atoms with Gasteiger partial charge in [-0.1, -0.05) is 5.16 Å². The van der Waals surface area contributed by atoms with E-state index in [1.54, 1.807) is 18.7 Å². The molecule has 0 spiro atoms. The molecular formula is C18H22N4O3. The fourth-order valence-electron chi connectivity index (χ4n) is 2.74. The highest BCUT2D eigenvalue weighted by Gasteiger charge is 2.42. The van der Waals surface area contributed by atoms with Crippen LogP contribution in [-0.4, -0.2) is 34.1 Å². The van der Waals surface area contributed by atoms with Crippen molar-refractivity contribution in [3.05, 3.63) is 41.6 Å². The normalized spacial score (nSPS) is 19.3. The molecule has 0 saturated heterocycles. The maximum Gasteiger partial charge on any atom is 0.272 e. The third-order valence-corrected chi connectivity index (χ3v) is 4.21. The molecule has 1 amide bonds. The van der Waals surface area contributed by atoms with Gasteiger partial charge in [-0.15, -0.1) is 0 Å². The van der Waals surface area contributed by atoms with Crippen LogP contribution in [0.3, 0.4) is 0 Å². The Bertz CT molecular complexity index is 810. The number of benzene rings is 1. The molecule has 2 aromatic rings. The van der Waals surface area contributed by atoms with Crippen LogP contribution in [0.2, 0.25) is 0 Å². The number of methoxy groups -OCH3 is 1. The van der Waals surface area contributed by atoms with Crippen LogP contribution < -0.4 is 10.1 Å². The molecule has 1 aliphatic heterocycles. The van der Waals surface area contributed by atoms with E-state index in [1.807, 2.05) is 44.2 Å². The Kier molecular flexibility index (Phi) is 4.48. The second-order valence-corrected chi connectivity index (χ2v) is 6.21. The zero-order chi connectivity index (χ0) is 18.0. The minimum absolute atomic E-state index is 0.241. The third kappa shape index (κ3) is 3.35. The third-order valence-electron chi connectivity index (χ3n) is 4.21. The van der Waals surface area contributed by atoms with Gasteiger partial charge >= 0.3 is 0 Å². The van der Waals surface area contributed by atoms with Gasteiger partial charge in [0, 0.05) is 19.0 Å². The van der Waals surface area contributed by atoms with Crippen molar-refractivity contribution in [2.45, 2.75) is 39.3 Å². The summed E-state index contributed by atoms with van der Waals surface area (Å²) < 4.78 is 6.90. The highest BCUT2D eigenvalue weighted by atomic mass is 16.7. The largest absolute Gasteiger partial charge is 0.497 e. The summed E-state index contributed by atoms with van der Waals surface area (Å²) in [4.78, 5) is 18.2. The van der Waals surface area contributed by atoms with Crippen LogP contribution in [0.5, 0.6) is 5.75 Å². The monoisotopic (exact) mass is 342 g/mol. The number of ether oxygens (including phenoxy) is 1. The molecule has 2 heterocycles. The fraction of sp³-hybridized carbons (Fsp3) is 0.389. The number of anilines is 1. The molecule has 1 atom stereocenters. The van der Waals surface area contributed by atoms with Gasteiger partial charge in [-0.2, -0.15) is 5.10 Å². The lowest BCUT2D eigenvalue weighted by atomic mass is 9.95. The predicted octanol–water partition coefficient (Wildman–Crippen LogP) is 2.74. The molecule has 1 N–H and O–H groups in total. The second-order valence-electron chi connectivity index (χ2n) is 6.21. The Morgan fingerprint density at radius 2 is 2.12 bits per heavy atom. The number of carbonyl (C=O) groups excluding carboxylic acids is 1. The molecular weight excluding hydrogens is 320 g/mol. The van der Waals surface area contributed by atoms with Gasteiger partial charge in [-0.05, 0) is 50.6 Å². The lowest BCUT2D eigenvalue weighted by molar-refractivity contribution is -0.136. The summed E-state index contributed by atoms with van der Waals surface area (Å²) in [7, 11) is 1.62. The number of hydrogen-bond acceptors (Lipinski definition) is 5. The van der Waals surface area contributed by atoms with Crippen LogP contribution in [0.1, 0.15) is 31.5 Å². The first-order valence-electron chi connectivity index (χ1n) is 8.20. The maximum atomic E-state index is 12.7. The van der Waals surface area contributed by atoms with E-state index in [0.717, 1.165) is 22.7 Å². The lowest BCUT2D eigenvalue weighted by Gasteiger charge is -2.20. The second kappa shape index (κ2) is 6.58. The van der Waals surface area contributed by atoms with Gasteiger partial charge in [0.2, 0.25) is 5.60 Å². The number of hydrogen-bond donors (Lipinski definition) is 1. The molecule has 0 aliphatic carbocycles. The zero-order valence-electron chi connectivity index (χ0n) is 14.9. The maximum absolute atomic E-state index is 12.7. The van der Waals surface area contributed by atoms with Crippen molar-refractivity contribution in [1.82, 2.24) is 9.78 Å². The minimum atomic E-state index is -1.05. The number of aromatic nitrogens is 2. The Labute approximate surface area is 146 Å². The summed E-state index contributed by atoms with van der Waals surface area (Å²) >= 11 is 0. The number of carbonyl (C=O) groups is 1. The first-order valence-corrected chi connectivity index (χ1v) is 8.20. The van der Waals surface area contributed by atoms with Gasteiger partial charge in [-0.3, -0.25) is 4.79 Å². The molecule has 7 nitrogen and oxygen atoms in total. The van der Waals surface area contributed by atoms with E-state index in [9.17, 15) is 4.79 Å². The van der Waals surface area contributed by atoms with Crippen molar-refractivity contribution in [3.63, 3.8) is 0 Å². The summed E-state index contributed by atoms with van der Waals surface area (Å²) in [5.74, 6) is 1.19. The van der Waals surface area contributed by atoms with Crippen molar-refractivity contribution in [2.75, 3.05) is 12.4 Å². The summed E-state index contributed by atoms with van der Waals surface area (Å²) in [5.41, 5.74) is 1.45. The van der Waals surface area contributed by atoms with Gasteiger partial charge in [0.25, 0.3) is 5.91 Å². The number of aryl methyl sites for hydroxylation is 2. The molecule has 1 aromatic carbocycles. The molecule has 0 bridgehead atoms. The van der Waals surface area contributed by atoms with Crippen molar-refractivity contribution in [1.29, 1.82) is 0 Å². The number of nitrogens with zero attached hydrogens (tertiary/aromatic N) is 3. The molecule has 0 unspecified atom stereocenters. The van der Waals surface area contributed by atoms with E-state index < -0.39 is 5.60 Å². The van der Waals surface area contributed by atoms with E-state index >= 15 is 0 Å². The van der Waals surface area contributed by atoms with Crippen LogP contribution in [0, 0.1) is 6.92 Å². The van der Waals surface area contributed by atoms with Gasteiger partial charge in [0.05, 0.1) is 18.5 Å². The fourth-order valence-corrected chi connectivity index (χ4v) is 2.74. The van der Waals surface area contributed by atoms with Crippen LogP contribution in [-0.2, 0) is 16.2 Å². The first kappa shape index (κ1) is 17.0. The zero-order valence-corrected chi connectivity index (χ0v) is 14.9. The Hall–Kier alpha value is -2.83. The van der Waals surface area contributed by atoms with Crippen LogP contribution >= 0.6 is 0 Å². The average molecular weight is 342 g/mol. The quantitative estimate of drug-likeness (QED) is 0.906. The molecule has 0 radical (unpaired) electrons. The van der Waals surface area contributed by atoms with E-state index in [-0.39, 0.29) is 5.91 Å². The van der Waals surface area contributed by atoms with Crippen molar-refractivity contribution >= 4 is 17.4 Å². The van der Waals surface area contributed by atoms with E-state index in [2.05, 4.69) is 15.6 Å². The van der Waals surface area contributed by atoms with Gasteiger partial charge in [0.1, 0.15) is 11.6 Å².